The lowest BCUT2D eigenvalue weighted by Gasteiger charge is -2.32. The molecule has 138 valence electrons. The van der Waals surface area contributed by atoms with E-state index in [4.69, 9.17) is 4.74 Å². The summed E-state index contributed by atoms with van der Waals surface area (Å²) in [6.45, 7) is 3.43. The van der Waals surface area contributed by atoms with E-state index in [2.05, 4.69) is 17.4 Å². The topological polar surface area (TPSA) is 41.6 Å². The Labute approximate surface area is 160 Å². The van der Waals surface area contributed by atoms with E-state index < -0.39 is 0 Å². The summed E-state index contributed by atoms with van der Waals surface area (Å²) >= 11 is 0. The Kier molecular flexibility index (Phi) is 5.84. The van der Waals surface area contributed by atoms with Crippen LogP contribution in [0.25, 0.3) is 0 Å². The molecule has 0 radical (unpaired) electrons. The predicted octanol–water partition coefficient (Wildman–Crippen LogP) is 4.00. The molecule has 0 bridgehead atoms. The second kappa shape index (κ2) is 8.11. The highest BCUT2D eigenvalue weighted by Crippen LogP contribution is 2.38. The number of carbonyl (C=O) groups excluding carboxylic acids is 1. The first kappa shape index (κ1) is 18.7. The maximum absolute atomic E-state index is 12.9. The van der Waals surface area contributed by atoms with Crippen LogP contribution in [0.15, 0.2) is 54.6 Å². The van der Waals surface area contributed by atoms with Crippen LogP contribution in [0.3, 0.4) is 0 Å². The molecule has 2 saturated heterocycles. The molecule has 4 nitrogen and oxygen atoms in total. The Morgan fingerprint density at radius 1 is 1.00 bits per heavy atom. The zero-order valence-electron chi connectivity index (χ0n) is 14.8. The quantitative estimate of drug-likeness (QED) is 0.881. The zero-order valence-corrected chi connectivity index (χ0v) is 15.6. The molecule has 2 aromatic rings. The molecule has 2 aromatic carbocycles. The number of ether oxygens (including phenoxy) is 1. The van der Waals surface area contributed by atoms with E-state index in [1.165, 1.54) is 0 Å². The van der Waals surface area contributed by atoms with Gasteiger partial charge in [0.25, 0.3) is 0 Å². The zero-order chi connectivity index (χ0) is 17.1. The molecule has 2 fully saturated rings. The third-order valence-electron chi connectivity index (χ3n) is 5.35. The normalized spacial score (nSPS) is 22.3. The number of benzene rings is 2. The van der Waals surface area contributed by atoms with Gasteiger partial charge in [-0.25, -0.2) is 0 Å². The molecule has 5 heteroatoms. The van der Waals surface area contributed by atoms with Crippen LogP contribution in [0.4, 0.5) is 0 Å². The van der Waals surface area contributed by atoms with E-state index in [1.54, 1.807) is 0 Å². The fourth-order valence-corrected chi connectivity index (χ4v) is 3.92. The number of para-hydroxylation sites is 1. The van der Waals surface area contributed by atoms with Crippen molar-refractivity contribution < 1.29 is 9.53 Å². The number of hydrogen-bond donors (Lipinski definition) is 1. The van der Waals surface area contributed by atoms with Crippen molar-refractivity contribution in [3.63, 3.8) is 0 Å². The van der Waals surface area contributed by atoms with Gasteiger partial charge in [0, 0.05) is 19.6 Å². The first-order valence-electron chi connectivity index (χ1n) is 9.07. The summed E-state index contributed by atoms with van der Waals surface area (Å²) in [4.78, 5) is 14.9. The number of carbonyl (C=O) groups is 1. The maximum atomic E-state index is 12.9. The lowest BCUT2D eigenvalue weighted by Crippen LogP contribution is -2.45. The van der Waals surface area contributed by atoms with Crippen molar-refractivity contribution in [2.45, 2.75) is 25.8 Å². The van der Waals surface area contributed by atoms with Gasteiger partial charge in [-0.15, -0.1) is 12.4 Å². The number of rotatable bonds is 4. The van der Waals surface area contributed by atoms with E-state index in [0.29, 0.717) is 12.5 Å². The van der Waals surface area contributed by atoms with Crippen LogP contribution in [0.5, 0.6) is 11.5 Å². The summed E-state index contributed by atoms with van der Waals surface area (Å²) in [5.74, 6) is 1.97. The Bertz CT molecular complexity index is 727. The van der Waals surface area contributed by atoms with Crippen molar-refractivity contribution in [1.29, 1.82) is 0 Å². The summed E-state index contributed by atoms with van der Waals surface area (Å²) in [6.07, 6.45) is 3.11. The van der Waals surface area contributed by atoms with Crippen molar-refractivity contribution in [3.05, 3.63) is 60.2 Å². The van der Waals surface area contributed by atoms with Crippen LogP contribution >= 0.6 is 12.4 Å². The molecule has 1 N–H and O–H groups in total. The van der Waals surface area contributed by atoms with E-state index in [1.807, 2.05) is 47.4 Å². The van der Waals surface area contributed by atoms with Crippen LogP contribution in [0.2, 0.25) is 0 Å². The molecule has 0 aliphatic carbocycles. The van der Waals surface area contributed by atoms with Gasteiger partial charge in [-0.05, 0) is 55.6 Å². The van der Waals surface area contributed by atoms with E-state index in [-0.39, 0.29) is 17.8 Å². The smallest absolute Gasteiger partial charge is 0.230 e. The lowest BCUT2D eigenvalue weighted by atomic mass is 9.79. The summed E-state index contributed by atoms with van der Waals surface area (Å²) in [7, 11) is 0. The van der Waals surface area contributed by atoms with Gasteiger partial charge in [-0.3, -0.25) is 4.79 Å². The largest absolute Gasteiger partial charge is 0.457 e. The molecule has 0 saturated carbocycles. The molecule has 1 unspecified atom stereocenters. The summed E-state index contributed by atoms with van der Waals surface area (Å²) < 4.78 is 5.83. The molecule has 4 rings (SSSR count). The summed E-state index contributed by atoms with van der Waals surface area (Å²) in [6, 6.07) is 17.8. The number of nitrogens with zero attached hydrogens (tertiary/aromatic N) is 1. The number of likely N-dealkylation sites (tertiary alicyclic amines) is 1. The van der Waals surface area contributed by atoms with Gasteiger partial charge >= 0.3 is 0 Å². The Hall–Kier alpha value is -2.04. The third-order valence-corrected chi connectivity index (χ3v) is 5.35. The number of amides is 1. The van der Waals surface area contributed by atoms with Gasteiger partial charge in [-0.1, -0.05) is 30.3 Å². The Morgan fingerprint density at radius 3 is 2.42 bits per heavy atom. The second-order valence-corrected chi connectivity index (χ2v) is 7.10. The Balaban J connectivity index is 0.00000196. The van der Waals surface area contributed by atoms with E-state index in [9.17, 15) is 4.79 Å². The summed E-state index contributed by atoms with van der Waals surface area (Å²) in [5.41, 5.74) is 1.00. The molecule has 2 aliphatic heterocycles. The minimum atomic E-state index is -0.144. The van der Waals surface area contributed by atoms with Crippen LogP contribution in [-0.4, -0.2) is 30.4 Å². The van der Waals surface area contributed by atoms with Crippen molar-refractivity contribution in [2.24, 2.45) is 5.41 Å². The molecular formula is C21H25ClN2O2. The first-order valence-corrected chi connectivity index (χ1v) is 9.07. The van der Waals surface area contributed by atoms with Crippen LogP contribution in [0.1, 0.15) is 24.8 Å². The van der Waals surface area contributed by atoms with E-state index in [0.717, 1.165) is 56.0 Å². The Morgan fingerprint density at radius 2 is 1.73 bits per heavy atom. The molecule has 2 heterocycles. The van der Waals surface area contributed by atoms with Crippen molar-refractivity contribution in [3.8, 4) is 11.5 Å². The lowest BCUT2D eigenvalue weighted by molar-refractivity contribution is -0.137. The maximum Gasteiger partial charge on any atom is 0.230 e. The standard InChI is InChI=1S/C21H24N2O2.ClH/c24-20-21(11-4-13-22-16-21)12-14-23(20)15-17-7-9-19(10-8-17)25-18-5-2-1-3-6-18;/h1-3,5-10,22H,4,11-16H2;1H. The number of piperidine rings is 1. The van der Waals surface area contributed by atoms with Crippen molar-refractivity contribution in [1.82, 2.24) is 10.2 Å². The number of hydrogen-bond acceptors (Lipinski definition) is 3. The fraction of sp³-hybridized carbons (Fsp3) is 0.381. The molecule has 2 aliphatic rings. The van der Waals surface area contributed by atoms with E-state index >= 15 is 0 Å². The number of halogens is 1. The second-order valence-electron chi connectivity index (χ2n) is 7.10. The average Bonchev–Trinajstić information content (AvgIpc) is 2.94. The van der Waals surface area contributed by atoms with Crippen molar-refractivity contribution in [2.75, 3.05) is 19.6 Å². The van der Waals surface area contributed by atoms with Gasteiger partial charge in [0.15, 0.2) is 0 Å². The van der Waals surface area contributed by atoms with Gasteiger partial charge < -0.3 is 15.0 Å². The third kappa shape index (κ3) is 3.87. The summed E-state index contributed by atoms with van der Waals surface area (Å²) in [5, 5.41) is 3.40. The van der Waals surface area contributed by atoms with Crippen LogP contribution in [0, 0.1) is 5.41 Å². The molecular weight excluding hydrogens is 348 g/mol. The van der Waals surface area contributed by atoms with Crippen molar-refractivity contribution >= 4 is 18.3 Å². The highest BCUT2D eigenvalue weighted by molar-refractivity contribution is 5.85. The van der Waals surface area contributed by atoms with Crippen LogP contribution < -0.4 is 10.1 Å². The SMILES string of the molecule is Cl.O=C1N(Cc2ccc(Oc3ccccc3)cc2)CCC12CCCNC2. The first-order chi connectivity index (χ1) is 12.3. The van der Waals surface area contributed by atoms with Gasteiger partial charge in [0.1, 0.15) is 11.5 Å². The molecule has 1 atom stereocenters. The average molecular weight is 373 g/mol. The minimum Gasteiger partial charge on any atom is -0.457 e. The monoisotopic (exact) mass is 372 g/mol. The highest BCUT2D eigenvalue weighted by Gasteiger charge is 2.46. The molecule has 0 aromatic heterocycles. The van der Waals surface area contributed by atoms with Gasteiger partial charge in [0.2, 0.25) is 5.91 Å². The molecule has 26 heavy (non-hydrogen) atoms. The molecule has 1 spiro atoms. The predicted molar refractivity (Wildman–Crippen MR) is 105 cm³/mol. The van der Waals surface area contributed by atoms with Gasteiger partial charge in [0.05, 0.1) is 5.41 Å². The molecule has 1 amide bonds. The highest BCUT2D eigenvalue weighted by atomic mass is 35.5. The number of nitrogens with one attached hydrogen (secondary N) is 1. The minimum absolute atomic E-state index is 0. The fourth-order valence-electron chi connectivity index (χ4n) is 3.92. The van der Waals surface area contributed by atoms with Gasteiger partial charge in [-0.2, -0.15) is 0 Å². The van der Waals surface area contributed by atoms with Crippen LogP contribution in [-0.2, 0) is 11.3 Å².